The molecule has 1 aliphatic heterocycles. The highest BCUT2D eigenvalue weighted by Crippen LogP contribution is 2.18. The number of benzene rings is 2. The lowest BCUT2D eigenvalue weighted by atomic mass is 10.0. The Morgan fingerprint density at radius 2 is 1.70 bits per heavy atom. The molecule has 1 amide bonds. The van der Waals surface area contributed by atoms with E-state index in [4.69, 9.17) is 0 Å². The maximum absolute atomic E-state index is 12.8. The molecule has 0 unspecified atom stereocenters. The van der Waals surface area contributed by atoms with Crippen LogP contribution < -0.4 is 5.32 Å². The predicted molar refractivity (Wildman–Crippen MR) is 108 cm³/mol. The van der Waals surface area contributed by atoms with Gasteiger partial charge in [-0.25, -0.2) is 0 Å². The standard InChI is InChI=1S/C23H25N3O/c27-23(21-12-6-10-18-11-7-13-24-22(18)21)25-16-19-8-2-3-9-20(19)17-26-14-4-1-5-15-26/h2-3,6-13H,1,4-5,14-17H2,(H,25,27). The molecular formula is C23H25N3O. The fraction of sp³-hybridized carbons (Fsp3) is 0.304. The lowest BCUT2D eigenvalue weighted by Gasteiger charge is -2.27. The molecule has 0 atom stereocenters. The van der Waals surface area contributed by atoms with Crippen LogP contribution in [0.3, 0.4) is 0 Å². The maximum Gasteiger partial charge on any atom is 0.253 e. The van der Waals surface area contributed by atoms with E-state index in [1.165, 1.54) is 43.5 Å². The van der Waals surface area contributed by atoms with E-state index in [9.17, 15) is 4.79 Å². The lowest BCUT2D eigenvalue weighted by Crippen LogP contribution is -2.30. The molecule has 0 spiro atoms. The second-order valence-corrected chi connectivity index (χ2v) is 7.17. The second-order valence-electron chi connectivity index (χ2n) is 7.17. The number of rotatable bonds is 5. The van der Waals surface area contributed by atoms with E-state index in [2.05, 4.69) is 33.4 Å². The van der Waals surface area contributed by atoms with Crippen molar-refractivity contribution in [3.63, 3.8) is 0 Å². The average Bonchev–Trinajstić information content (AvgIpc) is 2.73. The van der Waals surface area contributed by atoms with Gasteiger partial charge in [0.25, 0.3) is 5.91 Å². The molecule has 2 aromatic carbocycles. The zero-order valence-corrected chi connectivity index (χ0v) is 15.5. The lowest BCUT2D eigenvalue weighted by molar-refractivity contribution is 0.0952. The molecule has 1 fully saturated rings. The van der Waals surface area contributed by atoms with Gasteiger partial charge in [-0.15, -0.1) is 0 Å². The van der Waals surface area contributed by atoms with Crippen LogP contribution in [0.5, 0.6) is 0 Å². The topological polar surface area (TPSA) is 45.2 Å². The Morgan fingerprint density at radius 3 is 2.56 bits per heavy atom. The largest absolute Gasteiger partial charge is 0.348 e. The van der Waals surface area contributed by atoms with Gasteiger partial charge in [0.1, 0.15) is 0 Å². The fourth-order valence-corrected chi connectivity index (χ4v) is 3.80. The molecular weight excluding hydrogens is 334 g/mol. The molecule has 0 aliphatic carbocycles. The normalized spacial score (nSPS) is 15.0. The molecule has 4 nitrogen and oxygen atoms in total. The van der Waals surface area contributed by atoms with E-state index in [-0.39, 0.29) is 5.91 Å². The van der Waals surface area contributed by atoms with Gasteiger partial charge in [0, 0.05) is 24.7 Å². The molecule has 0 saturated carbocycles. The number of para-hydroxylation sites is 1. The van der Waals surface area contributed by atoms with Gasteiger partial charge in [-0.2, -0.15) is 0 Å². The third kappa shape index (κ3) is 4.17. The van der Waals surface area contributed by atoms with E-state index in [1.807, 2.05) is 36.4 Å². The van der Waals surface area contributed by atoms with Crippen molar-refractivity contribution in [2.45, 2.75) is 32.4 Å². The van der Waals surface area contributed by atoms with Crippen molar-refractivity contribution in [2.24, 2.45) is 0 Å². The van der Waals surface area contributed by atoms with Crippen LogP contribution in [0.15, 0.2) is 60.8 Å². The highest BCUT2D eigenvalue weighted by Gasteiger charge is 2.14. The molecule has 1 aliphatic rings. The number of pyridine rings is 1. The van der Waals surface area contributed by atoms with Crippen LogP contribution >= 0.6 is 0 Å². The minimum absolute atomic E-state index is 0.0768. The van der Waals surface area contributed by atoms with Crippen LogP contribution in [0.2, 0.25) is 0 Å². The fourth-order valence-electron chi connectivity index (χ4n) is 3.80. The van der Waals surface area contributed by atoms with E-state index in [0.717, 1.165) is 17.4 Å². The summed E-state index contributed by atoms with van der Waals surface area (Å²) in [4.78, 5) is 19.7. The van der Waals surface area contributed by atoms with Gasteiger partial charge >= 0.3 is 0 Å². The highest BCUT2D eigenvalue weighted by molar-refractivity contribution is 6.05. The van der Waals surface area contributed by atoms with Gasteiger partial charge < -0.3 is 5.32 Å². The Labute approximate surface area is 160 Å². The predicted octanol–water partition coefficient (Wildman–Crippen LogP) is 4.15. The van der Waals surface area contributed by atoms with Crippen LogP contribution in [0.4, 0.5) is 0 Å². The average molecular weight is 359 g/mol. The van der Waals surface area contributed by atoms with Crippen LogP contribution in [0, 0.1) is 0 Å². The molecule has 4 heteroatoms. The number of fused-ring (bicyclic) bond motifs is 1. The van der Waals surface area contributed by atoms with Gasteiger partial charge in [-0.1, -0.05) is 48.9 Å². The number of hydrogen-bond acceptors (Lipinski definition) is 3. The number of piperidine rings is 1. The number of nitrogens with zero attached hydrogens (tertiary/aromatic N) is 2. The molecule has 1 saturated heterocycles. The summed E-state index contributed by atoms with van der Waals surface area (Å²) < 4.78 is 0. The molecule has 27 heavy (non-hydrogen) atoms. The smallest absolute Gasteiger partial charge is 0.253 e. The van der Waals surface area contributed by atoms with E-state index < -0.39 is 0 Å². The summed E-state index contributed by atoms with van der Waals surface area (Å²) in [6.07, 6.45) is 5.64. The zero-order chi connectivity index (χ0) is 18.5. The SMILES string of the molecule is O=C(NCc1ccccc1CN1CCCCC1)c1cccc2cccnc12. The van der Waals surface area contributed by atoms with Crippen molar-refractivity contribution in [2.75, 3.05) is 13.1 Å². The number of likely N-dealkylation sites (tertiary alicyclic amines) is 1. The van der Waals surface area contributed by atoms with Gasteiger partial charge in [0.2, 0.25) is 0 Å². The van der Waals surface area contributed by atoms with Crippen molar-refractivity contribution in [1.82, 2.24) is 15.2 Å². The van der Waals surface area contributed by atoms with Crippen molar-refractivity contribution in [3.05, 3.63) is 77.5 Å². The maximum atomic E-state index is 12.8. The first-order valence-electron chi connectivity index (χ1n) is 9.72. The molecule has 0 radical (unpaired) electrons. The Hall–Kier alpha value is -2.72. The number of aromatic nitrogens is 1. The summed E-state index contributed by atoms with van der Waals surface area (Å²) in [5.74, 6) is -0.0768. The van der Waals surface area contributed by atoms with Gasteiger partial charge in [-0.05, 0) is 49.2 Å². The first-order valence-corrected chi connectivity index (χ1v) is 9.72. The Morgan fingerprint density at radius 1 is 0.926 bits per heavy atom. The van der Waals surface area contributed by atoms with Crippen LogP contribution in [0.1, 0.15) is 40.7 Å². The summed E-state index contributed by atoms with van der Waals surface area (Å²) in [6, 6.07) is 18.0. The molecule has 2 heterocycles. The summed E-state index contributed by atoms with van der Waals surface area (Å²) in [5, 5.41) is 4.07. The third-order valence-corrected chi connectivity index (χ3v) is 5.28. The molecule has 1 aromatic heterocycles. The van der Waals surface area contributed by atoms with Crippen molar-refractivity contribution in [1.29, 1.82) is 0 Å². The van der Waals surface area contributed by atoms with E-state index in [1.54, 1.807) is 6.20 Å². The van der Waals surface area contributed by atoms with Crippen LogP contribution in [0.25, 0.3) is 10.9 Å². The number of carbonyl (C=O) groups is 1. The van der Waals surface area contributed by atoms with E-state index >= 15 is 0 Å². The Balaban J connectivity index is 1.47. The van der Waals surface area contributed by atoms with Crippen LogP contribution in [-0.2, 0) is 13.1 Å². The molecule has 4 rings (SSSR count). The van der Waals surface area contributed by atoms with Gasteiger partial charge in [-0.3, -0.25) is 14.7 Å². The number of amides is 1. The van der Waals surface area contributed by atoms with Gasteiger partial charge in [0.15, 0.2) is 0 Å². The summed E-state index contributed by atoms with van der Waals surface area (Å²) in [6.45, 7) is 3.83. The zero-order valence-electron chi connectivity index (χ0n) is 15.5. The third-order valence-electron chi connectivity index (χ3n) is 5.28. The number of hydrogen-bond donors (Lipinski definition) is 1. The second kappa shape index (κ2) is 8.31. The highest BCUT2D eigenvalue weighted by atomic mass is 16.1. The number of nitrogens with one attached hydrogen (secondary N) is 1. The summed E-state index contributed by atoms with van der Waals surface area (Å²) in [7, 11) is 0. The van der Waals surface area contributed by atoms with Crippen LogP contribution in [-0.4, -0.2) is 28.9 Å². The molecule has 138 valence electrons. The minimum atomic E-state index is -0.0768. The first kappa shape index (κ1) is 17.7. The first-order chi connectivity index (χ1) is 13.3. The minimum Gasteiger partial charge on any atom is -0.348 e. The van der Waals surface area contributed by atoms with E-state index in [0.29, 0.717) is 12.1 Å². The monoisotopic (exact) mass is 359 g/mol. The van der Waals surface area contributed by atoms with Gasteiger partial charge in [0.05, 0.1) is 11.1 Å². The summed E-state index contributed by atoms with van der Waals surface area (Å²) in [5.41, 5.74) is 3.86. The summed E-state index contributed by atoms with van der Waals surface area (Å²) >= 11 is 0. The number of carbonyl (C=O) groups excluding carboxylic acids is 1. The quantitative estimate of drug-likeness (QED) is 0.744. The Kier molecular flexibility index (Phi) is 5.45. The Bertz CT molecular complexity index is 926. The van der Waals surface area contributed by atoms with Crippen molar-refractivity contribution in [3.8, 4) is 0 Å². The molecule has 1 N–H and O–H groups in total. The molecule has 3 aromatic rings. The molecule has 0 bridgehead atoms. The van der Waals surface area contributed by atoms with Crippen molar-refractivity contribution < 1.29 is 4.79 Å². The van der Waals surface area contributed by atoms with Crippen molar-refractivity contribution >= 4 is 16.8 Å².